The molecule has 0 radical (unpaired) electrons. The molecule has 6 heteroatoms. The molecular weight excluding hydrogens is 284 g/mol. The van der Waals surface area contributed by atoms with Gasteiger partial charge in [0.25, 0.3) is 0 Å². The van der Waals surface area contributed by atoms with Crippen molar-refractivity contribution < 1.29 is 4.79 Å². The predicted molar refractivity (Wildman–Crippen MR) is 88.4 cm³/mol. The summed E-state index contributed by atoms with van der Waals surface area (Å²) in [5.74, 6) is 0. The molecule has 2 aromatic rings. The molecule has 2 amide bonds. The first-order valence-electron chi connectivity index (χ1n) is 6.22. The molecule has 0 saturated heterocycles. The van der Waals surface area contributed by atoms with Crippen LogP contribution in [-0.4, -0.2) is 16.7 Å². The summed E-state index contributed by atoms with van der Waals surface area (Å²) in [5, 5.41) is 7.05. The number of hydrogen-bond donors (Lipinski definition) is 3. The molecule has 0 bridgehead atoms. The van der Waals surface area contributed by atoms with E-state index in [4.69, 9.17) is 18.0 Å². The Hall–Kier alpha value is -2.73. The van der Waals surface area contributed by atoms with Crippen LogP contribution in [-0.2, 0) is 0 Å². The molecule has 0 aliphatic heterocycles. The second kappa shape index (κ2) is 7.16. The largest absolute Gasteiger partial charge is 0.350 e. The molecule has 106 valence electrons. The number of rotatable bonds is 4. The van der Waals surface area contributed by atoms with Crippen LogP contribution in [0.3, 0.4) is 0 Å². The molecule has 0 spiro atoms. The number of hydrazone groups is 1. The van der Waals surface area contributed by atoms with Gasteiger partial charge in [0, 0.05) is 11.3 Å². The number of thiocarbonyl (C=S) groups is 1. The highest BCUT2D eigenvalue weighted by Crippen LogP contribution is 2.09. The minimum atomic E-state index is -0.744. The van der Waals surface area contributed by atoms with E-state index in [-0.39, 0.29) is 0 Å². The fourth-order valence-corrected chi connectivity index (χ4v) is 1.95. The number of nitrogens with one attached hydrogen (secondary N) is 2. The first kappa shape index (κ1) is 14.7. The van der Waals surface area contributed by atoms with Crippen LogP contribution in [0.15, 0.2) is 65.8 Å². The van der Waals surface area contributed by atoms with Crippen LogP contribution in [0.1, 0.15) is 5.56 Å². The maximum atomic E-state index is 10.9. The number of carbonyl (C=O) groups excluding carboxylic acids is 1. The minimum Gasteiger partial charge on any atom is -0.350 e. The van der Waals surface area contributed by atoms with Crippen molar-refractivity contribution in [3.8, 4) is 0 Å². The average Bonchev–Trinajstić information content (AvgIpc) is 2.49. The molecule has 2 rings (SSSR count). The van der Waals surface area contributed by atoms with Gasteiger partial charge in [0.2, 0.25) is 0 Å². The maximum Gasteiger partial charge on any atom is 0.332 e. The Kier molecular flexibility index (Phi) is 5.00. The van der Waals surface area contributed by atoms with Gasteiger partial charge in [-0.3, -0.25) is 0 Å². The van der Waals surface area contributed by atoms with E-state index in [0.717, 1.165) is 11.3 Å². The van der Waals surface area contributed by atoms with Crippen LogP contribution in [0.5, 0.6) is 0 Å². The van der Waals surface area contributed by atoms with Crippen LogP contribution in [0.4, 0.5) is 10.5 Å². The van der Waals surface area contributed by atoms with Gasteiger partial charge in [-0.2, -0.15) is 5.10 Å². The zero-order valence-corrected chi connectivity index (χ0v) is 11.9. The van der Waals surface area contributed by atoms with Crippen molar-refractivity contribution in [1.29, 1.82) is 0 Å². The Morgan fingerprint density at radius 2 is 1.57 bits per heavy atom. The lowest BCUT2D eigenvalue weighted by Gasteiger charge is -2.11. The molecule has 2 aromatic carbocycles. The van der Waals surface area contributed by atoms with Crippen molar-refractivity contribution in [3.63, 3.8) is 0 Å². The number of primary amides is 1. The molecule has 0 saturated carbocycles. The summed E-state index contributed by atoms with van der Waals surface area (Å²) in [7, 11) is 0. The van der Waals surface area contributed by atoms with Crippen molar-refractivity contribution in [2.45, 2.75) is 0 Å². The summed E-state index contributed by atoms with van der Waals surface area (Å²) < 4.78 is 0. The maximum absolute atomic E-state index is 10.9. The lowest BCUT2D eigenvalue weighted by molar-refractivity contribution is 0.249. The van der Waals surface area contributed by atoms with Crippen molar-refractivity contribution in [2.24, 2.45) is 10.8 Å². The van der Waals surface area contributed by atoms with Crippen LogP contribution in [0.2, 0.25) is 0 Å². The van der Waals surface area contributed by atoms with Gasteiger partial charge in [0.1, 0.15) is 10.7 Å². The number of amides is 2. The normalized spacial score (nSPS) is 10.8. The van der Waals surface area contributed by atoms with Gasteiger partial charge in [-0.15, -0.1) is 0 Å². The predicted octanol–water partition coefficient (Wildman–Crippen LogP) is 2.50. The van der Waals surface area contributed by atoms with E-state index >= 15 is 0 Å². The van der Waals surface area contributed by atoms with Gasteiger partial charge in [0.05, 0.1) is 0 Å². The Morgan fingerprint density at radius 3 is 2.14 bits per heavy atom. The third-order valence-electron chi connectivity index (χ3n) is 2.57. The Bertz CT molecular complexity index is 656. The highest BCUT2D eigenvalue weighted by molar-refractivity contribution is 7.82. The molecule has 0 fully saturated rings. The number of anilines is 1. The number of para-hydroxylation sites is 1. The van der Waals surface area contributed by atoms with E-state index in [1.54, 1.807) is 0 Å². The fraction of sp³-hybridized carbons (Fsp3) is 0. The van der Waals surface area contributed by atoms with E-state index in [2.05, 4.69) is 15.8 Å². The van der Waals surface area contributed by atoms with Crippen LogP contribution >= 0.6 is 12.2 Å². The minimum absolute atomic E-state index is 0.390. The Morgan fingerprint density at radius 1 is 1.00 bits per heavy atom. The smallest absolute Gasteiger partial charge is 0.332 e. The summed E-state index contributed by atoms with van der Waals surface area (Å²) in [6, 6.07) is 18.0. The molecule has 5 nitrogen and oxygen atoms in total. The topological polar surface area (TPSA) is 79.5 Å². The van der Waals surface area contributed by atoms with Gasteiger partial charge in [-0.1, -0.05) is 60.7 Å². The molecule has 0 aromatic heterocycles. The van der Waals surface area contributed by atoms with E-state index in [1.165, 1.54) is 0 Å². The van der Waals surface area contributed by atoms with E-state index in [0.29, 0.717) is 10.7 Å². The number of benzene rings is 2. The fourth-order valence-electron chi connectivity index (χ4n) is 1.67. The highest BCUT2D eigenvalue weighted by atomic mass is 32.1. The van der Waals surface area contributed by atoms with Gasteiger partial charge < -0.3 is 11.1 Å². The first-order valence-corrected chi connectivity index (χ1v) is 6.62. The van der Waals surface area contributed by atoms with E-state index in [9.17, 15) is 4.79 Å². The molecule has 0 heterocycles. The number of hydrogen-bond acceptors (Lipinski definition) is 3. The van der Waals surface area contributed by atoms with Crippen molar-refractivity contribution in [1.82, 2.24) is 5.43 Å². The van der Waals surface area contributed by atoms with Crippen molar-refractivity contribution in [3.05, 3.63) is 66.2 Å². The second-order valence-corrected chi connectivity index (χ2v) is 4.53. The number of carbonyl (C=O) groups is 1. The third kappa shape index (κ3) is 4.39. The van der Waals surface area contributed by atoms with Crippen LogP contribution in [0, 0.1) is 0 Å². The van der Waals surface area contributed by atoms with Gasteiger partial charge in [-0.25, -0.2) is 10.2 Å². The molecule has 21 heavy (non-hydrogen) atoms. The van der Waals surface area contributed by atoms with Crippen molar-refractivity contribution in [2.75, 3.05) is 5.32 Å². The van der Waals surface area contributed by atoms with Gasteiger partial charge in [-0.05, 0) is 12.1 Å². The average molecular weight is 298 g/mol. The lowest BCUT2D eigenvalue weighted by Crippen LogP contribution is -2.30. The number of urea groups is 1. The van der Waals surface area contributed by atoms with Crippen LogP contribution < -0.4 is 16.5 Å². The summed E-state index contributed by atoms with van der Waals surface area (Å²) >= 11 is 5.36. The molecule has 0 unspecified atom stereocenters. The second-order valence-electron chi connectivity index (χ2n) is 4.12. The summed E-state index contributed by atoms with van der Waals surface area (Å²) in [4.78, 5) is 11.2. The highest BCUT2D eigenvalue weighted by Gasteiger charge is 2.10. The number of nitrogens with zero attached hydrogens (tertiary/aromatic N) is 1. The SMILES string of the molecule is NC(=O)N/N=C(/C(=S)Nc1ccccc1)c1ccccc1. The summed E-state index contributed by atoms with van der Waals surface area (Å²) in [6.07, 6.45) is 0. The summed E-state index contributed by atoms with van der Waals surface area (Å²) in [6.45, 7) is 0. The molecule has 0 aliphatic rings. The van der Waals surface area contributed by atoms with Gasteiger partial charge in [0.15, 0.2) is 0 Å². The molecular formula is C15H14N4OS. The molecule has 0 atom stereocenters. The molecule has 0 aliphatic carbocycles. The van der Waals surface area contributed by atoms with Crippen LogP contribution in [0.25, 0.3) is 0 Å². The quantitative estimate of drug-likeness (QED) is 0.461. The standard InChI is InChI=1S/C15H14N4OS/c16-15(20)19-18-13(11-7-3-1-4-8-11)14(21)17-12-9-5-2-6-10-12/h1-10H,(H,17,21)(H3,16,19,20)/b18-13+. The lowest BCUT2D eigenvalue weighted by atomic mass is 10.1. The zero-order valence-electron chi connectivity index (χ0n) is 11.1. The molecule has 4 N–H and O–H groups in total. The number of nitrogens with two attached hydrogens (primary N) is 1. The van der Waals surface area contributed by atoms with E-state index < -0.39 is 6.03 Å². The zero-order chi connectivity index (χ0) is 15.1. The Balaban J connectivity index is 2.25. The third-order valence-corrected chi connectivity index (χ3v) is 2.87. The first-order chi connectivity index (χ1) is 10.2. The van der Waals surface area contributed by atoms with Crippen molar-refractivity contribution >= 4 is 34.6 Å². The monoisotopic (exact) mass is 298 g/mol. The Labute approximate surface area is 127 Å². The van der Waals surface area contributed by atoms with E-state index in [1.807, 2.05) is 60.7 Å². The van der Waals surface area contributed by atoms with Gasteiger partial charge >= 0.3 is 6.03 Å². The summed E-state index contributed by atoms with van der Waals surface area (Å²) in [5.41, 5.74) is 9.31.